The van der Waals surface area contributed by atoms with Gasteiger partial charge in [0.25, 0.3) is 0 Å². The number of rotatable bonds is 3. The zero-order chi connectivity index (χ0) is 13.9. The van der Waals surface area contributed by atoms with E-state index in [1.54, 1.807) is 6.20 Å². The first-order chi connectivity index (χ1) is 9.74. The summed E-state index contributed by atoms with van der Waals surface area (Å²) in [5.41, 5.74) is 2.03. The molecule has 2 atom stereocenters. The Morgan fingerprint density at radius 1 is 1.30 bits per heavy atom. The molecule has 3 rings (SSSR count). The first kappa shape index (κ1) is 13.7. The van der Waals surface area contributed by atoms with Gasteiger partial charge < -0.3 is 5.32 Å². The summed E-state index contributed by atoms with van der Waals surface area (Å²) >= 11 is 6.21. The molecule has 1 aromatic carbocycles. The van der Waals surface area contributed by atoms with Crippen LogP contribution in [0.15, 0.2) is 30.5 Å². The zero-order valence-corrected chi connectivity index (χ0v) is 12.7. The molecule has 1 aliphatic rings. The van der Waals surface area contributed by atoms with Crippen molar-refractivity contribution in [1.29, 1.82) is 0 Å². The van der Waals surface area contributed by atoms with Gasteiger partial charge in [-0.3, -0.25) is 4.98 Å². The average molecular weight is 289 g/mol. The number of benzene rings is 1. The molecule has 20 heavy (non-hydrogen) atoms. The summed E-state index contributed by atoms with van der Waals surface area (Å²) in [7, 11) is 0. The van der Waals surface area contributed by atoms with Crippen molar-refractivity contribution in [2.24, 2.45) is 11.8 Å². The Morgan fingerprint density at radius 2 is 2.20 bits per heavy atom. The molecule has 3 heteroatoms. The van der Waals surface area contributed by atoms with E-state index in [2.05, 4.69) is 29.4 Å². The van der Waals surface area contributed by atoms with Crippen molar-refractivity contribution in [3.8, 4) is 0 Å². The Morgan fingerprint density at radius 3 is 3.05 bits per heavy atom. The van der Waals surface area contributed by atoms with E-state index in [9.17, 15) is 0 Å². The molecule has 0 aliphatic heterocycles. The van der Waals surface area contributed by atoms with Gasteiger partial charge in [0.15, 0.2) is 0 Å². The standard InChI is InChI=1S/C17H21ClN2/c1-12-4-2-5-13(10-12)11-20-16-8-7-15(18)17-14(16)6-3-9-19-17/h3,6-9,12-13,20H,2,4-5,10-11H2,1H3. The maximum Gasteiger partial charge on any atom is 0.0908 e. The van der Waals surface area contributed by atoms with Crippen molar-refractivity contribution in [3.63, 3.8) is 0 Å². The molecule has 0 amide bonds. The van der Waals surface area contributed by atoms with E-state index in [1.807, 2.05) is 12.1 Å². The van der Waals surface area contributed by atoms with Gasteiger partial charge in [0.05, 0.1) is 10.5 Å². The summed E-state index contributed by atoms with van der Waals surface area (Å²) < 4.78 is 0. The van der Waals surface area contributed by atoms with Gasteiger partial charge in [-0.1, -0.05) is 31.4 Å². The van der Waals surface area contributed by atoms with Gasteiger partial charge in [-0.25, -0.2) is 0 Å². The summed E-state index contributed by atoms with van der Waals surface area (Å²) in [5.74, 6) is 1.67. The molecule has 1 fully saturated rings. The summed E-state index contributed by atoms with van der Waals surface area (Å²) in [4.78, 5) is 4.38. The number of halogens is 1. The third-order valence-corrected chi connectivity index (χ3v) is 4.65. The van der Waals surface area contributed by atoms with Crippen LogP contribution in [0, 0.1) is 11.8 Å². The highest BCUT2D eigenvalue weighted by atomic mass is 35.5. The fraction of sp³-hybridized carbons (Fsp3) is 0.471. The van der Waals surface area contributed by atoms with E-state index in [4.69, 9.17) is 11.6 Å². The third kappa shape index (κ3) is 2.90. The Kier molecular flexibility index (Phi) is 4.11. The molecule has 1 saturated carbocycles. The van der Waals surface area contributed by atoms with Crippen LogP contribution in [0.5, 0.6) is 0 Å². The van der Waals surface area contributed by atoms with Gasteiger partial charge >= 0.3 is 0 Å². The minimum atomic E-state index is 0.720. The van der Waals surface area contributed by atoms with Crippen LogP contribution in [0.25, 0.3) is 10.9 Å². The number of hydrogen-bond acceptors (Lipinski definition) is 2. The van der Waals surface area contributed by atoms with Crippen LogP contribution in [0.4, 0.5) is 5.69 Å². The van der Waals surface area contributed by atoms with Crippen LogP contribution in [-0.4, -0.2) is 11.5 Å². The SMILES string of the molecule is CC1CCCC(CNc2ccc(Cl)c3ncccc23)C1. The van der Waals surface area contributed by atoms with Crippen molar-refractivity contribution in [3.05, 3.63) is 35.5 Å². The van der Waals surface area contributed by atoms with Crippen LogP contribution in [0.3, 0.4) is 0 Å². The highest BCUT2D eigenvalue weighted by Gasteiger charge is 2.18. The molecule has 1 N–H and O–H groups in total. The van der Waals surface area contributed by atoms with Gasteiger partial charge in [0.2, 0.25) is 0 Å². The number of nitrogens with zero attached hydrogens (tertiary/aromatic N) is 1. The summed E-state index contributed by atoms with van der Waals surface area (Å²) in [5, 5.41) is 5.44. The predicted octanol–water partition coefficient (Wildman–Crippen LogP) is 5.13. The number of fused-ring (bicyclic) bond motifs is 1. The second kappa shape index (κ2) is 6.01. The lowest BCUT2D eigenvalue weighted by atomic mass is 9.82. The number of hydrogen-bond donors (Lipinski definition) is 1. The highest BCUT2D eigenvalue weighted by Crippen LogP contribution is 2.31. The average Bonchev–Trinajstić information content (AvgIpc) is 2.47. The second-order valence-electron chi connectivity index (χ2n) is 6.01. The Hall–Kier alpha value is -1.28. The van der Waals surface area contributed by atoms with E-state index >= 15 is 0 Å². The minimum Gasteiger partial charge on any atom is -0.384 e. The molecule has 0 saturated heterocycles. The Bertz CT molecular complexity index is 597. The molecule has 1 heterocycles. The molecule has 2 aromatic rings. The minimum absolute atomic E-state index is 0.720. The van der Waals surface area contributed by atoms with E-state index in [0.29, 0.717) is 0 Å². The molecular formula is C17H21ClN2. The maximum absolute atomic E-state index is 6.21. The van der Waals surface area contributed by atoms with Crippen molar-refractivity contribution in [1.82, 2.24) is 4.98 Å². The van der Waals surface area contributed by atoms with Gasteiger partial charge in [0.1, 0.15) is 0 Å². The summed E-state index contributed by atoms with van der Waals surface area (Å²) in [6.07, 6.45) is 7.25. The van der Waals surface area contributed by atoms with E-state index in [-0.39, 0.29) is 0 Å². The lowest BCUT2D eigenvalue weighted by Crippen LogP contribution is -2.21. The summed E-state index contributed by atoms with van der Waals surface area (Å²) in [6.45, 7) is 3.42. The normalized spacial score (nSPS) is 22.9. The molecule has 1 aliphatic carbocycles. The fourth-order valence-electron chi connectivity index (χ4n) is 3.29. The number of pyridine rings is 1. The van der Waals surface area contributed by atoms with Crippen molar-refractivity contribution in [2.75, 3.05) is 11.9 Å². The highest BCUT2D eigenvalue weighted by molar-refractivity contribution is 6.35. The molecule has 1 aromatic heterocycles. The fourth-order valence-corrected chi connectivity index (χ4v) is 3.51. The van der Waals surface area contributed by atoms with Gasteiger partial charge in [-0.05, 0) is 48.9 Å². The lowest BCUT2D eigenvalue weighted by Gasteiger charge is -2.27. The topological polar surface area (TPSA) is 24.9 Å². The smallest absolute Gasteiger partial charge is 0.0908 e. The number of anilines is 1. The maximum atomic E-state index is 6.21. The molecule has 106 valence electrons. The Labute approximate surface area is 125 Å². The number of nitrogens with one attached hydrogen (secondary N) is 1. The van der Waals surface area contributed by atoms with Crippen LogP contribution in [-0.2, 0) is 0 Å². The first-order valence-electron chi connectivity index (χ1n) is 7.51. The van der Waals surface area contributed by atoms with E-state index in [0.717, 1.165) is 40.0 Å². The molecule has 0 bridgehead atoms. The van der Waals surface area contributed by atoms with Crippen LogP contribution < -0.4 is 5.32 Å². The van der Waals surface area contributed by atoms with E-state index < -0.39 is 0 Å². The van der Waals surface area contributed by atoms with Gasteiger partial charge in [0, 0.05) is 23.8 Å². The first-order valence-corrected chi connectivity index (χ1v) is 7.89. The van der Waals surface area contributed by atoms with Crippen LogP contribution in [0.1, 0.15) is 32.6 Å². The van der Waals surface area contributed by atoms with Crippen molar-refractivity contribution < 1.29 is 0 Å². The number of aromatic nitrogens is 1. The monoisotopic (exact) mass is 288 g/mol. The molecule has 0 radical (unpaired) electrons. The van der Waals surface area contributed by atoms with Crippen LogP contribution >= 0.6 is 11.6 Å². The molecule has 2 unspecified atom stereocenters. The second-order valence-corrected chi connectivity index (χ2v) is 6.42. The predicted molar refractivity (Wildman–Crippen MR) is 86.4 cm³/mol. The molecular weight excluding hydrogens is 268 g/mol. The quantitative estimate of drug-likeness (QED) is 0.847. The Balaban J connectivity index is 1.76. The summed E-state index contributed by atoms with van der Waals surface area (Å²) in [6, 6.07) is 8.05. The molecule has 2 nitrogen and oxygen atoms in total. The van der Waals surface area contributed by atoms with Gasteiger partial charge in [-0.2, -0.15) is 0 Å². The van der Waals surface area contributed by atoms with Crippen molar-refractivity contribution >= 4 is 28.2 Å². The zero-order valence-electron chi connectivity index (χ0n) is 11.9. The van der Waals surface area contributed by atoms with Crippen molar-refractivity contribution in [2.45, 2.75) is 32.6 Å². The van der Waals surface area contributed by atoms with Crippen LogP contribution in [0.2, 0.25) is 5.02 Å². The lowest BCUT2D eigenvalue weighted by molar-refractivity contribution is 0.293. The van der Waals surface area contributed by atoms with E-state index in [1.165, 1.54) is 25.7 Å². The van der Waals surface area contributed by atoms with Gasteiger partial charge in [-0.15, -0.1) is 0 Å². The third-order valence-electron chi connectivity index (χ3n) is 4.35. The largest absolute Gasteiger partial charge is 0.384 e. The molecule has 0 spiro atoms.